The Morgan fingerprint density at radius 3 is 1.25 bits per heavy atom. The van der Waals surface area contributed by atoms with Crippen molar-refractivity contribution < 1.29 is 19.2 Å². The van der Waals surface area contributed by atoms with Gasteiger partial charge in [0.05, 0.1) is 12.8 Å². The Hall–Kier alpha value is -3.68. The van der Waals surface area contributed by atoms with Crippen molar-refractivity contribution >= 4 is 23.6 Å². The molecule has 0 radical (unpaired) electrons. The van der Waals surface area contributed by atoms with Crippen LogP contribution in [0.2, 0.25) is 0 Å². The van der Waals surface area contributed by atoms with Crippen LogP contribution in [0.25, 0.3) is 0 Å². The lowest BCUT2D eigenvalue weighted by molar-refractivity contribution is -0.134. The van der Waals surface area contributed by atoms with Gasteiger partial charge >= 0.3 is 0 Å². The third kappa shape index (κ3) is 7.23. The molecule has 2 aromatic carbocycles. The van der Waals surface area contributed by atoms with Gasteiger partial charge in [0.15, 0.2) is 0 Å². The first-order valence-electron chi connectivity index (χ1n) is 10.8. The summed E-state index contributed by atoms with van der Waals surface area (Å²) in [6, 6.07) is 18.5. The van der Waals surface area contributed by atoms with Crippen molar-refractivity contribution in [3.05, 3.63) is 71.8 Å². The molecule has 0 unspecified atom stereocenters. The van der Waals surface area contributed by atoms with E-state index in [1.165, 1.54) is 0 Å². The fraction of sp³-hybridized carbons (Fsp3) is 0.333. The van der Waals surface area contributed by atoms with Gasteiger partial charge in [0.1, 0.15) is 0 Å². The number of hydrazine groups is 2. The van der Waals surface area contributed by atoms with Gasteiger partial charge in [0.2, 0.25) is 23.6 Å². The molecule has 1 aliphatic carbocycles. The van der Waals surface area contributed by atoms with E-state index in [1.807, 2.05) is 60.7 Å². The highest BCUT2D eigenvalue weighted by molar-refractivity contribution is 5.86. The zero-order valence-electron chi connectivity index (χ0n) is 17.8. The number of carbonyl (C=O) groups is 4. The monoisotopic (exact) mass is 436 g/mol. The summed E-state index contributed by atoms with van der Waals surface area (Å²) < 4.78 is 0. The number of carbonyl (C=O) groups excluding carboxylic acids is 4. The summed E-state index contributed by atoms with van der Waals surface area (Å²) in [4.78, 5) is 48.6. The SMILES string of the molecule is O=C(Cc1ccccc1)NNC(=O)C1CCC(C(=O)NNC(=O)Cc2ccccc2)CC1. The molecule has 1 fully saturated rings. The molecule has 1 aliphatic rings. The molecule has 8 nitrogen and oxygen atoms in total. The summed E-state index contributed by atoms with van der Waals surface area (Å²) in [5, 5.41) is 0. The normalized spacial score (nSPS) is 17.6. The average Bonchev–Trinajstić information content (AvgIpc) is 2.82. The maximum Gasteiger partial charge on any atom is 0.242 e. The van der Waals surface area contributed by atoms with Crippen LogP contribution in [0.1, 0.15) is 36.8 Å². The van der Waals surface area contributed by atoms with E-state index in [0.717, 1.165) is 11.1 Å². The van der Waals surface area contributed by atoms with E-state index >= 15 is 0 Å². The molecule has 4 N–H and O–H groups in total. The van der Waals surface area contributed by atoms with Gasteiger partial charge in [-0.05, 0) is 36.8 Å². The molecule has 4 amide bonds. The Bertz CT molecular complexity index is 848. The first kappa shape index (κ1) is 23.0. The topological polar surface area (TPSA) is 116 Å². The summed E-state index contributed by atoms with van der Waals surface area (Å²) in [7, 11) is 0. The van der Waals surface area contributed by atoms with Crippen LogP contribution in [0.15, 0.2) is 60.7 Å². The molecular weight excluding hydrogens is 408 g/mol. The van der Waals surface area contributed by atoms with Gasteiger partial charge in [0.25, 0.3) is 0 Å². The lowest BCUT2D eigenvalue weighted by Gasteiger charge is -2.27. The zero-order chi connectivity index (χ0) is 22.8. The first-order chi connectivity index (χ1) is 15.5. The van der Waals surface area contributed by atoms with Crippen molar-refractivity contribution in [1.82, 2.24) is 21.7 Å². The number of hydrogen-bond donors (Lipinski definition) is 4. The van der Waals surface area contributed by atoms with Crippen LogP contribution < -0.4 is 21.7 Å². The lowest BCUT2D eigenvalue weighted by atomic mass is 9.81. The van der Waals surface area contributed by atoms with E-state index in [-0.39, 0.29) is 48.3 Å². The van der Waals surface area contributed by atoms with Crippen molar-refractivity contribution in [2.75, 3.05) is 0 Å². The zero-order valence-corrected chi connectivity index (χ0v) is 17.8. The van der Waals surface area contributed by atoms with Gasteiger partial charge in [-0.1, -0.05) is 60.7 Å². The Labute approximate surface area is 187 Å². The van der Waals surface area contributed by atoms with E-state index in [1.54, 1.807) is 0 Å². The maximum atomic E-state index is 12.3. The van der Waals surface area contributed by atoms with Crippen molar-refractivity contribution in [2.24, 2.45) is 11.8 Å². The van der Waals surface area contributed by atoms with Gasteiger partial charge < -0.3 is 0 Å². The van der Waals surface area contributed by atoms with Crippen molar-refractivity contribution in [3.8, 4) is 0 Å². The predicted octanol–water partition coefficient (Wildman–Crippen LogP) is 1.57. The second-order valence-electron chi connectivity index (χ2n) is 7.95. The second-order valence-corrected chi connectivity index (χ2v) is 7.95. The largest absolute Gasteiger partial charge is 0.273 e. The number of amides is 4. The molecule has 0 heterocycles. The summed E-state index contributed by atoms with van der Waals surface area (Å²) in [5.74, 6) is -1.59. The number of hydrogen-bond acceptors (Lipinski definition) is 4. The number of benzene rings is 2. The van der Waals surface area contributed by atoms with Crippen LogP contribution in [-0.4, -0.2) is 23.6 Å². The van der Waals surface area contributed by atoms with Gasteiger partial charge in [-0.25, -0.2) is 0 Å². The highest BCUT2D eigenvalue weighted by Gasteiger charge is 2.30. The minimum absolute atomic E-state index is 0.185. The molecule has 2 aromatic rings. The molecule has 1 saturated carbocycles. The molecule has 32 heavy (non-hydrogen) atoms. The molecule has 0 saturated heterocycles. The summed E-state index contributed by atoms with van der Waals surface area (Å²) in [6.45, 7) is 0. The third-order valence-electron chi connectivity index (χ3n) is 5.53. The smallest absolute Gasteiger partial charge is 0.242 e. The van der Waals surface area contributed by atoms with Gasteiger partial charge in [0, 0.05) is 11.8 Å². The minimum atomic E-state index is -0.288. The van der Waals surface area contributed by atoms with Crippen LogP contribution >= 0.6 is 0 Å². The molecule has 0 bridgehead atoms. The quantitative estimate of drug-likeness (QED) is 0.515. The second kappa shape index (κ2) is 11.6. The van der Waals surface area contributed by atoms with Crippen LogP contribution in [-0.2, 0) is 32.0 Å². The molecular formula is C24H28N4O4. The van der Waals surface area contributed by atoms with Crippen LogP contribution in [0.3, 0.4) is 0 Å². The van der Waals surface area contributed by atoms with E-state index in [0.29, 0.717) is 25.7 Å². The highest BCUT2D eigenvalue weighted by atomic mass is 16.2. The molecule has 0 atom stereocenters. The van der Waals surface area contributed by atoms with Crippen LogP contribution in [0, 0.1) is 11.8 Å². The number of rotatable bonds is 6. The van der Waals surface area contributed by atoms with Gasteiger partial charge in [-0.2, -0.15) is 0 Å². The van der Waals surface area contributed by atoms with E-state index < -0.39 is 0 Å². The van der Waals surface area contributed by atoms with Crippen molar-refractivity contribution in [3.63, 3.8) is 0 Å². The van der Waals surface area contributed by atoms with Gasteiger partial charge in [-0.15, -0.1) is 0 Å². The first-order valence-corrected chi connectivity index (χ1v) is 10.8. The van der Waals surface area contributed by atoms with Gasteiger partial charge in [-0.3, -0.25) is 40.9 Å². The molecule has 3 rings (SSSR count). The molecule has 0 spiro atoms. The van der Waals surface area contributed by atoms with Crippen LogP contribution in [0.4, 0.5) is 0 Å². The summed E-state index contributed by atoms with van der Waals surface area (Å²) >= 11 is 0. The molecule has 168 valence electrons. The molecule has 0 aliphatic heterocycles. The van der Waals surface area contributed by atoms with Crippen LogP contribution in [0.5, 0.6) is 0 Å². The Kier molecular flexibility index (Phi) is 8.36. The minimum Gasteiger partial charge on any atom is -0.273 e. The standard InChI is InChI=1S/C24H28N4O4/c29-21(15-17-7-3-1-4-8-17)25-27-23(31)19-11-13-20(14-12-19)24(32)28-26-22(30)16-18-9-5-2-6-10-18/h1-10,19-20H,11-16H2,(H,25,29)(H,26,30)(H,27,31)(H,28,32). The van der Waals surface area contributed by atoms with E-state index in [9.17, 15) is 19.2 Å². The van der Waals surface area contributed by atoms with Crippen molar-refractivity contribution in [1.29, 1.82) is 0 Å². The molecule has 8 heteroatoms. The Morgan fingerprint density at radius 1 is 0.562 bits per heavy atom. The highest BCUT2D eigenvalue weighted by Crippen LogP contribution is 2.28. The lowest BCUT2D eigenvalue weighted by Crippen LogP contribution is -2.48. The third-order valence-corrected chi connectivity index (χ3v) is 5.53. The fourth-order valence-electron chi connectivity index (χ4n) is 3.74. The summed E-state index contributed by atoms with van der Waals surface area (Å²) in [6.07, 6.45) is 2.52. The maximum absolute atomic E-state index is 12.3. The van der Waals surface area contributed by atoms with E-state index in [2.05, 4.69) is 21.7 Å². The Morgan fingerprint density at radius 2 is 0.906 bits per heavy atom. The summed E-state index contributed by atoms with van der Waals surface area (Å²) in [5.41, 5.74) is 11.6. The average molecular weight is 437 g/mol. The Balaban J connectivity index is 1.33. The van der Waals surface area contributed by atoms with E-state index in [4.69, 9.17) is 0 Å². The predicted molar refractivity (Wildman–Crippen MR) is 118 cm³/mol. The molecule has 0 aromatic heterocycles. The van der Waals surface area contributed by atoms with Crippen molar-refractivity contribution in [2.45, 2.75) is 38.5 Å². The fourth-order valence-corrected chi connectivity index (χ4v) is 3.74. The number of nitrogens with one attached hydrogen (secondary N) is 4.